The van der Waals surface area contributed by atoms with Gasteiger partial charge in [0.25, 0.3) is 0 Å². The van der Waals surface area contributed by atoms with Gasteiger partial charge < -0.3 is 4.90 Å². The molecule has 1 aromatic rings. The molecule has 2 bridgehead atoms. The van der Waals surface area contributed by atoms with E-state index < -0.39 is 0 Å². The van der Waals surface area contributed by atoms with Crippen molar-refractivity contribution in [1.82, 2.24) is 9.80 Å². The SMILES string of the molecule is O=C1C2C3C=CC(C3)C2C(=O)N1CC(=O)N1CCCC1c1cccs1. The Bertz CT molecular complexity index is 742. The number of hydrogen-bond donors (Lipinski definition) is 0. The summed E-state index contributed by atoms with van der Waals surface area (Å²) in [4.78, 5) is 42.6. The molecule has 5 atom stereocenters. The fourth-order valence-corrected chi connectivity index (χ4v) is 6.06. The van der Waals surface area contributed by atoms with E-state index in [1.165, 1.54) is 9.78 Å². The van der Waals surface area contributed by atoms with Crippen LogP contribution in [0.5, 0.6) is 0 Å². The van der Waals surface area contributed by atoms with E-state index in [-0.39, 0.29) is 54.0 Å². The standard InChI is InChI=1S/C19H20N2O3S/c22-15(20-7-1-3-13(20)14-4-2-8-25-14)10-21-18(23)16-11-5-6-12(9-11)17(16)19(21)24/h2,4-6,8,11-13,16-17H,1,3,7,9-10H2. The van der Waals surface area contributed by atoms with Crippen LogP contribution in [-0.4, -0.2) is 40.6 Å². The third kappa shape index (κ3) is 2.16. The van der Waals surface area contributed by atoms with E-state index in [1.807, 2.05) is 16.3 Å². The summed E-state index contributed by atoms with van der Waals surface area (Å²) in [5.41, 5.74) is 0. The Hall–Kier alpha value is -1.95. The lowest BCUT2D eigenvalue weighted by Gasteiger charge is -2.26. The minimum atomic E-state index is -0.220. The zero-order chi connectivity index (χ0) is 17.1. The number of imide groups is 1. The topological polar surface area (TPSA) is 57.7 Å². The van der Waals surface area contributed by atoms with Gasteiger partial charge in [-0.1, -0.05) is 18.2 Å². The molecule has 0 radical (unpaired) electrons. The third-order valence-electron chi connectivity index (χ3n) is 6.30. The van der Waals surface area contributed by atoms with Crippen molar-refractivity contribution in [3.63, 3.8) is 0 Å². The molecule has 6 heteroatoms. The van der Waals surface area contributed by atoms with Crippen LogP contribution in [0.15, 0.2) is 29.7 Å². The zero-order valence-electron chi connectivity index (χ0n) is 13.8. The van der Waals surface area contributed by atoms with Crippen LogP contribution in [0, 0.1) is 23.7 Å². The molecule has 0 aromatic carbocycles. The Kier molecular flexibility index (Phi) is 3.39. The summed E-state index contributed by atoms with van der Waals surface area (Å²) in [6, 6.07) is 4.15. The average Bonchev–Trinajstić information content (AvgIpc) is 3.38. The second-order valence-electron chi connectivity index (χ2n) is 7.52. The predicted octanol–water partition coefficient (Wildman–Crippen LogP) is 2.22. The predicted molar refractivity (Wildman–Crippen MR) is 92.4 cm³/mol. The maximum Gasteiger partial charge on any atom is 0.243 e. The number of carbonyl (C=O) groups excluding carboxylic acids is 3. The third-order valence-corrected chi connectivity index (χ3v) is 7.27. The minimum Gasteiger partial charge on any atom is -0.333 e. The number of rotatable bonds is 3. The van der Waals surface area contributed by atoms with Gasteiger partial charge >= 0.3 is 0 Å². The normalized spacial score (nSPS) is 35.9. The second-order valence-corrected chi connectivity index (χ2v) is 8.50. The van der Waals surface area contributed by atoms with Gasteiger partial charge in [-0.15, -0.1) is 11.3 Å². The van der Waals surface area contributed by atoms with Gasteiger partial charge in [0.05, 0.1) is 17.9 Å². The molecule has 2 aliphatic heterocycles. The number of likely N-dealkylation sites (tertiary alicyclic amines) is 2. The van der Waals surface area contributed by atoms with Gasteiger partial charge in [-0.3, -0.25) is 19.3 Å². The highest BCUT2D eigenvalue weighted by Crippen LogP contribution is 2.52. The number of amides is 3. The lowest BCUT2D eigenvalue weighted by atomic mass is 9.85. The number of fused-ring (bicyclic) bond motifs is 5. The molecule has 4 aliphatic rings. The van der Waals surface area contributed by atoms with E-state index in [2.05, 4.69) is 18.2 Å². The van der Waals surface area contributed by atoms with Crippen molar-refractivity contribution in [2.75, 3.05) is 13.1 Å². The maximum atomic E-state index is 12.9. The number of nitrogens with zero attached hydrogens (tertiary/aromatic N) is 2. The van der Waals surface area contributed by atoms with Crippen molar-refractivity contribution in [1.29, 1.82) is 0 Å². The first-order chi connectivity index (χ1) is 12.1. The first-order valence-corrected chi connectivity index (χ1v) is 9.89. The van der Waals surface area contributed by atoms with Crippen molar-refractivity contribution < 1.29 is 14.4 Å². The van der Waals surface area contributed by atoms with Gasteiger partial charge in [0, 0.05) is 11.4 Å². The molecule has 0 N–H and O–H groups in total. The first kappa shape index (κ1) is 15.3. The Labute approximate surface area is 150 Å². The summed E-state index contributed by atoms with van der Waals surface area (Å²) in [5, 5.41) is 2.02. The highest BCUT2D eigenvalue weighted by atomic mass is 32.1. The molecular weight excluding hydrogens is 336 g/mol. The van der Waals surface area contributed by atoms with Gasteiger partial charge in [0.15, 0.2) is 0 Å². The average molecular weight is 356 g/mol. The number of allylic oxidation sites excluding steroid dienone is 2. The van der Waals surface area contributed by atoms with Crippen molar-refractivity contribution in [3.8, 4) is 0 Å². The van der Waals surface area contributed by atoms with Gasteiger partial charge in [-0.2, -0.15) is 0 Å². The lowest BCUT2D eigenvalue weighted by Crippen LogP contribution is -2.43. The van der Waals surface area contributed by atoms with Crippen LogP contribution in [0.3, 0.4) is 0 Å². The summed E-state index contributed by atoms with van der Waals surface area (Å²) in [6.07, 6.45) is 7.00. The summed E-state index contributed by atoms with van der Waals surface area (Å²) in [5.74, 6) is -0.421. The molecule has 5 unspecified atom stereocenters. The highest BCUT2D eigenvalue weighted by Gasteiger charge is 2.59. The van der Waals surface area contributed by atoms with Crippen LogP contribution in [0.4, 0.5) is 0 Å². The van der Waals surface area contributed by atoms with Crippen LogP contribution in [0.2, 0.25) is 0 Å². The van der Waals surface area contributed by atoms with E-state index in [0.717, 1.165) is 19.3 Å². The number of hydrogen-bond acceptors (Lipinski definition) is 4. The summed E-state index contributed by atoms with van der Waals surface area (Å²) >= 11 is 1.66. The summed E-state index contributed by atoms with van der Waals surface area (Å²) in [7, 11) is 0. The molecule has 0 spiro atoms. The Morgan fingerprint density at radius 3 is 2.52 bits per heavy atom. The monoisotopic (exact) mass is 356 g/mol. The van der Waals surface area contributed by atoms with E-state index >= 15 is 0 Å². The largest absolute Gasteiger partial charge is 0.333 e. The van der Waals surface area contributed by atoms with Gasteiger partial charge in [-0.25, -0.2) is 0 Å². The summed E-state index contributed by atoms with van der Waals surface area (Å²) < 4.78 is 0. The number of carbonyl (C=O) groups is 3. The smallest absolute Gasteiger partial charge is 0.243 e. The maximum absolute atomic E-state index is 12.9. The van der Waals surface area contributed by atoms with Gasteiger partial charge in [0.1, 0.15) is 6.54 Å². The quantitative estimate of drug-likeness (QED) is 0.616. The Morgan fingerprint density at radius 1 is 1.16 bits per heavy atom. The molecule has 2 saturated heterocycles. The van der Waals surface area contributed by atoms with Crippen molar-refractivity contribution in [3.05, 3.63) is 34.5 Å². The van der Waals surface area contributed by atoms with E-state index in [4.69, 9.17) is 0 Å². The number of thiophene rings is 1. The Morgan fingerprint density at radius 2 is 1.88 bits per heavy atom. The molecule has 5 nitrogen and oxygen atoms in total. The Balaban J connectivity index is 1.33. The van der Waals surface area contributed by atoms with Crippen LogP contribution in [-0.2, 0) is 14.4 Å². The second kappa shape index (κ2) is 5.53. The molecule has 25 heavy (non-hydrogen) atoms. The van der Waals surface area contributed by atoms with Crippen molar-refractivity contribution in [2.45, 2.75) is 25.3 Å². The van der Waals surface area contributed by atoms with Crippen molar-refractivity contribution in [2.24, 2.45) is 23.7 Å². The fourth-order valence-electron chi connectivity index (χ4n) is 5.19. The van der Waals surface area contributed by atoms with Crippen molar-refractivity contribution >= 4 is 29.1 Å². The molecule has 1 saturated carbocycles. The van der Waals surface area contributed by atoms with Crippen LogP contribution < -0.4 is 0 Å². The van der Waals surface area contributed by atoms with Gasteiger partial charge in [0.2, 0.25) is 17.7 Å². The van der Waals surface area contributed by atoms with Crippen LogP contribution in [0.25, 0.3) is 0 Å². The molecule has 3 fully saturated rings. The molecule has 2 aliphatic carbocycles. The first-order valence-electron chi connectivity index (χ1n) is 9.01. The molecular formula is C19H20N2O3S. The highest BCUT2D eigenvalue weighted by molar-refractivity contribution is 7.10. The van der Waals surface area contributed by atoms with Crippen LogP contribution in [0.1, 0.15) is 30.2 Å². The minimum absolute atomic E-state index is 0.0913. The van der Waals surface area contributed by atoms with E-state index in [1.54, 1.807) is 11.3 Å². The lowest BCUT2D eigenvalue weighted by molar-refractivity contribution is -0.147. The van der Waals surface area contributed by atoms with Crippen LogP contribution >= 0.6 is 11.3 Å². The molecule has 1 aromatic heterocycles. The van der Waals surface area contributed by atoms with Gasteiger partial charge in [-0.05, 0) is 42.5 Å². The summed E-state index contributed by atoms with van der Waals surface area (Å²) in [6.45, 7) is 0.614. The molecule has 3 amide bonds. The fraction of sp³-hybridized carbons (Fsp3) is 0.526. The molecule has 5 rings (SSSR count). The van der Waals surface area contributed by atoms with E-state index in [0.29, 0.717) is 6.54 Å². The molecule has 3 heterocycles. The zero-order valence-corrected chi connectivity index (χ0v) is 14.7. The van der Waals surface area contributed by atoms with E-state index in [9.17, 15) is 14.4 Å². The molecule has 130 valence electrons.